The average molecular weight is 488 g/mol. The number of rotatable bonds is 5. The van der Waals surface area contributed by atoms with Gasteiger partial charge in [-0.15, -0.1) is 0 Å². The zero-order chi connectivity index (χ0) is 23.7. The van der Waals surface area contributed by atoms with Gasteiger partial charge in [0, 0.05) is 13.1 Å². The molecule has 5 rings (SSSR count). The molecule has 5 heteroatoms. The molecule has 4 aromatic rings. The number of benzene rings is 4. The van der Waals surface area contributed by atoms with Crippen molar-refractivity contribution in [1.82, 2.24) is 4.90 Å². The number of aromatic carboxylic acids is 1. The molecule has 1 aliphatic heterocycles. The topological polar surface area (TPSA) is 40.5 Å². The van der Waals surface area contributed by atoms with Crippen molar-refractivity contribution in [3.8, 4) is 0 Å². The van der Waals surface area contributed by atoms with Crippen LogP contribution < -0.4 is 0 Å². The third-order valence-electron chi connectivity index (χ3n) is 6.67. The Morgan fingerprint density at radius 3 is 1.71 bits per heavy atom. The van der Waals surface area contributed by atoms with E-state index in [1.165, 1.54) is 0 Å². The van der Waals surface area contributed by atoms with Crippen LogP contribution in [0.4, 0.5) is 0 Å². The SMILES string of the molecule is O=C(O)c1c(Cl)cc2c(c1Cl)CCN(C(c1ccccc1)(c1ccccc1)c1ccccc1)C2. The van der Waals surface area contributed by atoms with Crippen LogP contribution in [0.2, 0.25) is 10.0 Å². The van der Waals surface area contributed by atoms with Crippen LogP contribution >= 0.6 is 23.2 Å². The van der Waals surface area contributed by atoms with Crippen LogP contribution in [0.1, 0.15) is 38.2 Å². The number of carboxylic acid groups (broad SMARTS) is 1. The lowest BCUT2D eigenvalue weighted by molar-refractivity contribution is 0.0697. The summed E-state index contributed by atoms with van der Waals surface area (Å²) in [6.07, 6.45) is 0.625. The normalized spacial score (nSPS) is 13.9. The smallest absolute Gasteiger partial charge is 0.338 e. The van der Waals surface area contributed by atoms with Gasteiger partial charge in [0.05, 0.1) is 21.1 Å². The Kier molecular flexibility index (Phi) is 6.18. The van der Waals surface area contributed by atoms with Crippen LogP contribution in [0.5, 0.6) is 0 Å². The first-order valence-corrected chi connectivity index (χ1v) is 11.9. The van der Waals surface area contributed by atoms with Gasteiger partial charge in [0.25, 0.3) is 0 Å². The molecule has 0 aromatic heterocycles. The Balaban J connectivity index is 1.74. The van der Waals surface area contributed by atoms with Crippen LogP contribution in [-0.4, -0.2) is 22.5 Å². The number of hydrogen-bond donors (Lipinski definition) is 1. The van der Waals surface area contributed by atoms with Crippen molar-refractivity contribution in [2.45, 2.75) is 18.5 Å². The third-order valence-corrected chi connectivity index (χ3v) is 7.38. The second-order valence-corrected chi connectivity index (χ2v) is 9.26. The van der Waals surface area contributed by atoms with Gasteiger partial charge in [0.2, 0.25) is 0 Å². The van der Waals surface area contributed by atoms with Crippen molar-refractivity contribution >= 4 is 29.2 Å². The zero-order valence-electron chi connectivity index (χ0n) is 18.4. The number of carbonyl (C=O) groups is 1. The first kappa shape index (κ1) is 22.7. The summed E-state index contributed by atoms with van der Waals surface area (Å²) in [5.74, 6) is -1.10. The monoisotopic (exact) mass is 487 g/mol. The Bertz CT molecular complexity index is 1230. The fourth-order valence-corrected chi connectivity index (χ4v) is 5.97. The van der Waals surface area contributed by atoms with Gasteiger partial charge in [-0.3, -0.25) is 4.90 Å². The first-order valence-electron chi connectivity index (χ1n) is 11.2. The second kappa shape index (κ2) is 9.27. The molecule has 3 nitrogen and oxygen atoms in total. The maximum atomic E-state index is 11.7. The molecule has 34 heavy (non-hydrogen) atoms. The molecule has 4 aromatic carbocycles. The highest BCUT2D eigenvalue weighted by Gasteiger charge is 2.43. The largest absolute Gasteiger partial charge is 0.478 e. The molecule has 0 bridgehead atoms. The predicted molar refractivity (Wildman–Crippen MR) is 137 cm³/mol. The van der Waals surface area contributed by atoms with Gasteiger partial charge < -0.3 is 5.11 Å². The predicted octanol–water partition coefficient (Wildman–Crippen LogP) is 7.04. The van der Waals surface area contributed by atoms with Gasteiger partial charge in [-0.2, -0.15) is 0 Å². The van der Waals surface area contributed by atoms with E-state index in [0.717, 1.165) is 27.8 Å². The van der Waals surface area contributed by atoms with E-state index in [1.54, 1.807) is 6.07 Å². The van der Waals surface area contributed by atoms with E-state index < -0.39 is 11.5 Å². The van der Waals surface area contributed by atoms with E-state index in [0.29, 0.717) is 19.5 Å². The molecule has 0 saturated heterocycles. The number of halogens is 2. The van der Waals surface area contributed by atoms with Crippen molar-refractivity contribution in [2.75, 3.05) is 6.54 Å². The third kappa shape index (κ3) is 3.70. The highest BCUT2D eigenvalue weighted by molar-refractivity contribution is 6.39. The summed E-state index contributed by atoms with van der Waals surface area (Å²) in [5.41, 5.74) is 4.74. The van der Waals surface area contributed by atoms with E-state index in [4.69, 9.17) is 23.2 Å². The Hall–Kier alpha value is -3.11. The minimum atomic E-state index is -1.10. The van der Waals surface area contributed by atoms with E-state index in [-0.39, 0.29) is 15.6 Å². The molecule has 0 atom stereocenters. The molecular weight excluding hydrogens is 465 g/mol. The van der Waals surface area contributed by atoms with Crippen LogP contribution in [-0.2, 0) is 18.5 Å². The van der Waals surface area contributed by atoms with Gasteiger partial charge in [-0.25, -0.2) is 4.79 Å². The zero-order valence-corrected chi connectivity index (χ0v) is 19.9. The molecule has 1 heterocycles. The Morgan fingerprint density at radius 1 is 0.794 bits per heavy atom. The summed E-state index contributed by atoms with van der Waals surface area (Å²) in [7, 11) is 0. The second-order valence-electron chi connectivity index (χ2n) is 8.47. The van der Waals surface area contributed by atoms with Crippen LogP contribution in [0, 0.1) is 0 Å². The number of hydrogen-bond acceptors (Lipinski definition) is 2. The van der Waals surface area contributed by atoms with Gasteiger partial charge >= 0.3 is 5.97 Å². The van der Waals surface area contributed by atoms with E-state index in [9.17, 15) is 9.90 Å². The minimum absolute atomic E-state index is 0.0176. The van der Waals surface area contributed by atoms with Crippen molar-refractivity contribution in [1.29, 1.82) is 0 Å². The lowest BCUT2D eigenvalue weighted by Crippen LogP contribution is -2.50. The lowest BCUT2D eigenvalue weighted by Gasteiger charge is -2.47. The van der Waals surface area contributed by atoms with E-state index >= 15 is 0 Å². The summed E-state index contributed by atoms with van der Waals surface area (Å²) in [5, 5.41) is 10.0. The van der Waals surface area contributed by atoms with Gasteiger partial charge in [-0.1, -0.05) is 114 Å². The van der Waals surface area contributed by atoms with Gasteiger partial charge in [0.1, 0.15) is 0 Å². The standard InChI is InChI=1S/C29H23Cl2NO2/c30-25-18-20-19-32(17-16-24(20)27(31)26(25)28(33)34)29(21-10-4-1-5-11-21,22-12-6-2-7-13-22)23-14-8-3-9-15-23/h1-15,18H,16-17,19H2,(H,33,34). The molecule has 0 unspecified atom stereocenters. The van der Waals surface area contributed by atoms with Crippen LogP contribution in [0.15, 0.2) is 97.1 Å². The molecule has 1 N–H and O–H groups in total. The van der Waals surface area contributed by atoms with Crippen molar-refractivity contribution in [3.63, 3.8) is 0 Å². The molecule has 0 aliphatic carbocycles. The van der Waals surface area contributed by atoms with Gasteiger partial charge in [-0.05, 0) is 40.3 Å². The first-order chi connectivity index (χ1) is 16.5. The molecule has 0 amide bonds. The molecule has 0 radical (unpaired) electrons. The van der Waals surface area contributed by atoms with Crippen LogP contribution in [0.3, 0.4) is 0 Å². The average Bonchev–Trinajstić information content (AvgIpc) is 2.86. The molecule has 0 spiro atoms. The Morgan fingerprint density at radius 2 is 1.26 bits per heavy atom. The van der Waals surface area contributed by atoms with E-state index in [1.807, 2.05) is 18.2 Å². The number of fused-ring (bicyclic) bond motifs is 1. The van der Waals surface area contributed by atoms with Crippen molar-refractivity contribution in [3.05, 3.63) is 140 Å². The quantitative estimate of drug-likeness (QED) is 0.306. The van der Waals surface area contributed by atoms with E-state index in [2.05, 4.69) is 77.7 Å². The summed E-state index contributed by atoms with van der Waals surface area (Å²) in [6.45, 7) is 1.28. The minimum Gasteiger partial charge on any atom is -0.478 e. The maximum absolute atomic E-state index is 11.7. The fraction of sp³-hybridized carbons (Fsp3) is 0.138. The molecule has 0 saturated carbocycles. The molecular formula is C29H23Cl2NO2. The summed E-state index contributed by atoms with van der Waals surface area (Å²) < 4.78 is 0. The Labute approximate surface area is 209 Å². The molecule has 1 aliphatic rings. The highest BCUT2D eigenvalue weighted by atomic mass is 35.5. The highest BCUT2D eigenvalue weighted by Crippen LogP contribution is 2.45. The van der Waals surface area contributed by atoms with Crippen LogP contribution in [0.25, 0.3) is 0 Å². The molecule has 170 valence electrons. The fourth-order valence-electron chi connectivity index (χ4n) is 5.22. The summed E-state index contributed by atoms with van der Waals surface area (Å²) >= 11 is 12.9. The number of carboxylic acids is 1. The van der Waals surface area contributed by atoms with Crippen molar-refractivity contribution < 1.29 is 9.90 Å². The van der Waals surface area contributed by atoms with Crippen molar-refractivity contribution in [2.24, 2.45) is 0 Å². The molecule has 0 fully saturated rings. The number of nitrogens with zero attached hydrogens (tertiary/aromatic N) is 1. The maximum Gasteiger partial charge on any atom is 0.338 e. The summed E-state index contributed by atoms with van der Waals surface area (Å²) in [4.78, 5) is 14.2. The summed E-state index contributed by atoms with van der Waals surface area (Å²) in [6, 6.07) is 33.3. The lowest BCUT2D eigenvalue weighted by atomic mass is 9.74. The van der Waals surface area contributed by atoms with Gasteiger partial charge in [0.15, 0.2) is 0 Å².